The molecule has 1 unspecified atom stereocenters. The van der Waals surface area contributed by atoms with Gasteiger partial charge in [-0.05, 0) is 13.8 Å². The summed E-state index contributed by atoms with van der Waals surface area (Å²) in [5.41, 5.74) is 0. The fourth-order valence-corrected chi connectivity index (χ4v) is 1.53. The van der Waals surface area contributed by atoms with Gasteiger partial charge in [0.15, 0.2) is 6.29 Å². The van der Waals surface area contributed by atoms with Gasteiger partial charge in [0.1, 0.15) is 24.4 Å². The smallest absolute Gasteiger partial charge is 0.184 e. The zero-order chi connectivity index (χ0) is 11.6. The Bertz CT molecular complexity index is 197. The highest BCUT2D eigenvalue weighted by Gasteiger charge is 2.44. The number of aliphatic hydroxyl groups is 4. The third-order valence-corrected chi connectivity index (χ3v) is 2.27. The summed E-state index contributed by atoms with van der Waals surface area (Å²) in [5, 5.41) is 37.4. The normalized spacial score (nSPS) is 42.2. The van der Waals surface area contributed by atoms with E-state index in [2.05, 4.69) is 0 Å². The molecule has 4 N–H and O–H groups in total. The van der Waals surface area contributed by atoms with Gasteiger partial charge in [-0.3, -0.25) is 0 Å². The van der Waals surface area contributed by atoms with Crippen LogP contribution in [0.3, 0.4) is 0 Å². The highest BCUT2D eigenvalue weighted by molar-refractivity contribution is 4.89. The van der Waals surface area contributed by atoms with Gasteiger partial charge in [-0.2, -0.15) is 0 Å². The van der Waals surface area contributed by atoms with Crippen LogP contribution in [0.5, 0.6) is 0 Å². The Morgan fingerprint density at radius 2 is 1.80 bits per heavy atom. The van der Waals surface area contributed by atoms with Crippen LogP contribution in [-0.4, -0.2) is 63.8 Å². The van der Waals surface area contributed by atoms with Gasteiger partial charge in [-0.15, -0.1) is 0 Å². The first-order valence-corrected chi connectivity index (χ1v) is 4.93. The number of hydrogen-bond donors (Lipinski definition) is 4. The highest BCUT2D eigenvalue weighted by atomic mass is 16.7. The molecule has 6 nitrogen and oxygen atoms in total. The maximum absolute atomic E-state index is 9.63. The maximum atomic E-state index is 9.63. The quantitative estimate of drug-likeness (QED) is 0.450. The second kappa shape index (κ2) is 5.20. The SMILES string of the molecule is CC(C)O[C@H]1C(O)O[C@H](CO)[C@H](O)[C@@H]1O. The molecule has 1 aliphatic heterocycles. The van der Waals surface area contributed by atoms with E-state index in [-0.39, 0.29) is 6.10 Å². The van der Waals surface area contributed by atoms with Crippen molar-refractivity contribution >= 4 is 0 Å². The van der Waals surface area contributed by atoms with Gasteiger partial charge < -0.3 is 29.9 Å². The maximum Gasteiger partial charge on any atom is 0.184 e. The summed E-state index contributed by atoms with van der Waals surface area (Å²) >= 11 is 0. The Balaban J connectivity index is 2.66. The fraction of sp³-hybridized carbons (Fsp3) is 1.00. The summed E-state index contributed by atoms with van der Waals surface area (Å²) in [6, 6.07) is 0. The van der Waals surface area contributed by atoms with Crippen LogP contribution in [0.1, 0.15) is 13.8 Å². The average molecular weight is 222 g/mol. The molecule has 90 valence electrons. The van der Waals surface area contributed by atoms with E-state index < -0.39 is 37.3 Å². The monoisotopic (exact) mass is 222 g/mol. The topological polar surface area (TPSA) is 99.4 Å². The molecular weight excluding hydrogens is 204 g/mol. The van der Waals surface area contributed by atoms with Gasteiger partial charge in [-0.25, -0.2) is 0 Å². The predicted molar refractivity (Wildman–Crippen MR) is 50.0 cm³/mol. The molecule has 0 spiro atoms. The molecule has 0 saturated carbocycles. The molecular formula is C9H18O6. The van der Waals surface area contributed by atoms with Crippen molar-refractivity contribution in [2.45, 2.75) is 50.7 Å². The van der Waals surface area contributed by atoms with E-state index in [1.54, 1.807) is 13.8 Å². The summed E-state index contributed by atoms with van der Waals surface area (Å²) < 4.78 is 10.1. The molecule has 1 rings (SSSR count). The summed E-state index contributed by atoms with van der Waals surface area (Å²) in [4.78, 5) is 0. The lowest BCUT2D eigenvalue weighted by atomic mass is 9.99. The van der Waals surface area contributed by atoms with Crippen molar-refractivity contribution in [3.05, 3.63) is 0 Å². The first kappa shape index (κ1) is 12.8. The standard InChI is InChI=1S/C9H18O6/c1-4(2)14-8-7(12)6(11)5(3-10)15-9(8)13/h4-13H,3H2,1-2H3/t5-,6+,7+,8-,9?/m1/s1. The Morgan fingerprint density at radius 1 is 1.20 bits per heavy atom. The van der Waals surface area contributed by atoms with Crippen molar-refractivity contribution in [1.29, 1.82) is 0 Å². The molecule has 1 heterocycles. The first-order valence-electron chi connectivity index (χ1n) is 4.93. The van der Waals surface area contributed by atoms with E-state index in [0.717, 1.165) is 0 Å². The minimum atomic E-state index is -1.34. The number of hydrogen-bond acceptors (Lipinski definition) is 6. The first-order chi connectivity index (χ1) is 6.97. The van der Waals surface area contributed by atoms with Crippen LogP contribution in [0.2, 0.25) is 0 Å². The molecule has 0 aromatic rings. The lowest BCUT2D eigenvalue weighted by Gasteiger charge is -2.40. The van der Waals surface area contributed by atoms with Crippen LogP contribution in [0, 0.1) is 0 Å². The summed E-state index contributed by atoms with van der Waals surface area (Å²) in [6.07, 6.45) is -6.07. The van der Waals surface area contributed by atoms with Crippen molar-refractivity contribution in [2.75, 3.05) is 6.61 Å². The Hall–Kier alpha value is -0.240. The van der Waals surface area contributed by atoms with Crippen molar-refractivity contribution in [1.82, 2.24) is 0 Å². The van der Waals surface area contributed by atoms with Gasteiger partial charge in [0.05, 0.1) is 12.7 Å². The zero-order valence-electron chi connectivity index (χ0n) is 8.78. The zero-order valence-corrected chi connectivity index (χ0v) is 8.78. The molecule has 0 aliphatic carbocycles. The predicted octanol–water partition coefficient (Wildman–Crippen LogP) is -1.79. The van der Waals surface area contributed by atoms with Crippen LogP contribution in [0.15, 0.2) is 0 Å². The molecule has 0 aromatic carbocycles. The molecule has 0 aromatic heterocycles. The van der Waals surface area contributed by atoms with Crippen LogP contribution in [0.25, 0.3) is 0 Å². The van der Waals surface area contributed by atoms with E-state index in [9.17, 15) is 15.3 Å². The molecule has 1 aliphatic rings. The largest absolute Gasteiger partial charge is 0.394 e. The summed E-state index contributed by atoms with van der Waals surface area (Å²) in [5.74, 6) is 0. The third-order valence-electron chi connectivity index (χ3n) is 2.27. The second-order valence-electron chi connectivity index (χ2n) is 3.88. The van der Waals surface area contributed by atoms with E-state index in [4.69, 9.17) is 14.6 Å². The van der Waals surface area contributed by atoms with E-state index in [1.807, 2.05) is 0 Å². The molecule has 0 amide bonds. The second-order valence-corrected chi connectivity index (χ2v) is 3.88. The van der Waals surface area contributed by atoms with Crippen LogP contribution < -0.4 is 0 Å². The number of rotatable bonds is 3. The van der Waals surface area contributed by atoms with E-state index >= 15 is 0 Å². The van der Waals surface area contributed by atoms with Crippen LogP contribution in [-0.2, 0) is 9.47 Å². The lowest BCUT2D eigenvalue weighted by molar-refractivity contribution is -0.301. The van der Waals surface area contributed by atoms with Crippen molar-refractivity contribution < 1.29 is 29.9 Å². The Kier molecular flexibility index (Phi) is 4.45. The molecule has 15 heavy (non-hydrogen) atoms. The van der Waals surface area contributed by atoms with Gasteiger partial charge in [0.25, 0.3) is 0 Å². The van der Waals surface area contributed by atoms with E-state index in [1.165, 1.54) is 0 Å². The minimum absolute atomic E-state index is 0.208. The van der Waals surface area contributed by atoms with Crippen LogP contribution >= 0.6 is 0 Å². The molecule has 0 bridgehead atoms. The Morgan fingerprint density at radius 3 is 2.27 bits per heavy atom. The van der Waals surface area contributed by atoms with Gasteiger partial charge in [0, 0.05) is 0 Å². The average Bonchev–Trinajstić information content (AvgIpc) is 2.18. The number of aliphatic hydroxyl groups excluding tert-OH is 4. The Labute approximate surface area is 88.1 Å². The lowest BCUT2D eigenvalue weighted by Crippen LogP contribution is -2.59. The van der Waals surface area contributed by atoms with Gasteiger partial charge in [0.2, 0.25) is 0 Å². The summed E-state index contributed by atoms with van der Waals surface area (Å²) in [7, 11) is 0. The minimum Gasteiger partial charge on any atom is -0.394 e. The molecule has 1 saturated heterocycles. The molecule has 0 radical (unpaired) electrons. The third kappa shape index (κ3) is 2.87. The molecule has 1 fully saturated rings. The molecule has 6 heteroatoms. The van der Waals surface area contributed by atoms with Crippen molar-refractivity contribution in [3.8, 4) is 0 Å². The van der Waals surface area contributed by atoms with Gasteiger partial charge in [-0.1, -0.05) is 0 Å². The van der Waals surface area contributed by atoms with Crippen molar-refractivity contribution in [3.63, 3.8) is 0 Å². The summed E-state index contributed by atoms with van der Waals surface area (Å²) in [6.45, 7) is 3.01. The molecule has 5 atom stereocenters. The van der Waals surface area contributed by atoms with Gasteiger partial charge >= 0.3 is 0 Å². The number of ether oxygens (including phenoxy) is 2. The van der Waals surface area contributed by atoms with Crippen LogP contribution in [0.4, 0.5) is 0 Å². The highest BCUT2D eigenvalue weighted by Crippen LogP contribution is 2.22. The fourth-order valence-electron chi connectivity index (χ4n) is 1.53. The van der Waals surface area contributed by atoms with E-state index in [0.29, 0.717) is 0 Å². The van der Waals surface area contributed by atoms with Crippen molar-refractivity contribution in [2.24, 2.45) is 0 Å².